The van der Waals surface area contributed by atoms with Crippen LogP contribution in [0.1, 0.15) is 32.7 Å². The van der Waals surface area contributed by atoms with Crippen molar-refractivity contribution in [3.05, 3.63) is 45.7 Å². The predicted octanol–water partition coefficient (Wildman–Crippen LogP) is 1.34. The lowest BCUT2D eigenvalue weighted by atomic mass is 10.1. The van der Waals surface area contributed by atoms with E-state index in [9.17, 15) is 4.79 Å². The third kappa shape index (κ3) is 4.12. The first-order chi connectivity index (χ1) is 10.2. The summed E-state index contributed by atoms with van der Waals surface area (Å²) in [5.74, 6) is 5.40. The molecule has 6 heteroatoms. The highest BCUT2D eigenvalue weighted by Gasteiger charge is 2.10. The summed E-state index contributed by atoms with van der Waals surface area (Å²) in [7, 11) is 0. The second kappa shape index (κ2) is 7.53. The number of hydrogen-bond acceptors (Lipinski definition) is 5. The van der Waals surface area contributed by atoms with Gasteiger partial charge in [0.05, 0.1) is 24.2 Å². The Labute approximate surface area is 127 Å². The molecule has 3 N–H and O–H groups in total. The van der Waals surface area contributed by atoms with Gasteiger partial charge < -0.3 is 11.1 Å². The number of nitrogens with one attached hydrogen (secondary N) is 1. The van der Waals surface area contributed by atoms with Crippen molar-refractivity contribution in [1.82, 2.24) is 15.3 Å². The van der Waals surface area contributed by atoms with Crippen LogP contribution in [0.2, 0.25) is 0 Å². The summed E-state index contributed by atoms with van der Waals surface area (Å²) in [6.07, 6.45) is 5.93. The van der Waals surface area contributed by atoms with Crippen molar-refractivity contribution in [1.29, 1.82) is 0 Å². The van der Waals surface area contributed by atoms with Crippen LogP contribution >= 0.6 is 11.3 Å². The molecule has 1 amide bonds. The highest BCUT2D eigenvalue weighted by Crippen LogP contribution is 2.13. The van der Waals surface area contributed by atoms with E-state index in [1.807, 2.05) is 6.20 Å². The van der Waals surface area contributed by atoms with Gasteiger partial charge in [-0.25, -0.2) is 4.98 Å². The average molecular weight is 300 g/mol. The van der Waals surface area contributed by atoms with Crippen molar-refractivity contribution in [2.75, 3.05) is 6.54 Å². The first-order valence-corrected chi connectivity index (χ1v) is 7.41. The molecule has 0 saturated heterocycles. The summed E-state index contributed by atoms with van der Waals surface area (Å²) < 4.78 is 0. The van der Waals surface area contributed by atoms with Crippen molar-refractivity contribution >= 4 is 17.2 Å². The number of hydrogen-bond donors (Lipinski definition) is 2. The van der Waals surface area contributed by atoms with Gasteiger partial charge in [0.1, 0.15) is 5.01 Å². The lowest BCUT2D eigenvalue weighted by molar-refractivity contribution is 0.0950. The maximum Gasteiger partial charge on any atom is 0.253 e. The zero-order valence-electron chi connectivity index (χ0n) is 11.7. The monoisotopic (exact) mass is 300 g/mol. The van der Waals surface area contributed by atoms with E-state index in [2.05, 4.69) is 34.0 Å². The Hall–Kier alpha value is -2.23. The van der Waals surface area contributed by atoms with Crippen molar-refractivity contribution in [2.45, 2.75) is 19.9 Å². The highest BCUT2D eigenvalue weighted by molar-refractivity contribution is 7.11. The number of amides is 1. The van der Waals surface area contributed by atoms with E-state index in [0.717, 1.165) is 11.4 Å². The van der Waals surface area contributed by atoms with Gasteiger partial charge in [-0.15, -0.1) is 11.3 Å². The normalized spacial score (nSPS) is 9.81. The second-order valence-electron chi connectivity index (χ2n) is 4.18. The zero-order valence-corrected chi connectivity index (χ0v) is 12.5. The molecule has 0 radical (unpaired) electrons. The number of thiazole rings is 1. The second-order valence-corrected chi connectivity index (χ2v) is 5.38. The summed E-state index contributed by atoms with van der Waals surface area (Å²) in [5, 5.41) is 3.74. The van der Waals surface area contributed by atoms with E-state index in [1.165, 1.54) is 4.88 Å². The van der Waals surface area contributed by atoms with Gasteiger partial charge in [-0.3, -0.25) is 9.78 Å². The number of nitrogens with zero attached hydrogens (tertiary/aromatic N) is 2. The molecule has 0 spiro atoms. The maximum absolute atomic E-state index is 12.2. The molecule has 21 heavy (non-hydrogen) atoms. The smallest absolute Gasteiger partial charge is 0.253 e. The first-order valence-electron chi connectivity index (χ1n) is 6.59. The SMILES string of the molecule is CCc1cnc(CNC(=O)c2ccncc2C#CCN)s1. The molecular weight excluding hydrogens is 284 g/mol. The van der Waals surface area contributed by atoms with E-state index < -0.39 is 0 Å². The van der Waals surface area contributed by atoms with Crippen LogP contribution in [0.3, 0.4) is 0 Å². The number of carbonyl (C=O) groups is 1. The molecule has 0 bridgehead atoms. The fourth-order valence-electron chi connectivity index (χ4n) is 1.68. The molecule has 0 aliphatic heterocycles. The van der Waals surface area contributed by atoms with E-state index in [0.29, 0.717) is 17.7 Å². The minimum atomic E-state index is -0.188. The van der Waals surface area contributed by atoms with Crippen LogP contribution in [-0.4, -0.2) is 22.4 Å². The van der Waals surface area contributed by atoms with E-state index in [1.54, 1.807) is 29.8 Å². The van der Waals surface area contributed by atoms with Gasteiger partial charge in [-0.2, -0.15) is 0 Å². The molecule has 108 valence electrons. The molecule has 2 aromatic rings. The Bertz CT molecular complexity index is 684. The van der Waals surface area contributed by atoms with Crippen LogP contribution in [0.25, 0.3) is 0 Å². The first kappa shape index (κ1) is 15.2. The molecule has 0 aliphatic rings. The molecular formula is C15H16N4OS. The van der Waals surface area contributed by atoms with Crippen LogP contribution < -0.4 is 11.1 Å². The van der Waals surface area contributed by atoms with Gasteiger partial charge in [-0.05, 0) is 12.5 Å². The highest BCUT2D eigenvalue weighted by atomic mass is 32.1. The third-order valence-electron chi connectivity index (χ3n) is 2.74. The van der Waals surface area contributed by atoms with Gasteiger partial charge in [0.15, 0.2) is 0 Å². The number of aryl methyl sites for hydroxylation is 1. The van der Waals surface area contributed by atoms with Crippen molar-refractivity contribution in [3.8, 4) is 11.8 Å². The average Bonchev–Trinajstić information content (AvgIpc) is 2.99. The van der Waals surface area contributed by atoms with Gasteiger partial charge in [-0.1, -0.05) is 18.8 Å². The van der Waals surface area contributed by atoms with Crippen molar-refractivity contribution < 1.29 is 4.79 Å². The molecule has 0 fully saturated rings. The quantitative estimate of drug-likeness (QED) is 0.835. The standard InChI is InChI=1S/C15H16N4OS/c1-2-12-9-18-14(21-12)10-19-15(20)13-5-7-17-8-11(13)4-3-6-16/h5,7-9H,2,6,10,16H2,1H3,(H,19,20). The number of aromatic nitrogens is 2. The molecule has 0 aliphatic carbocycles. The predicted molar refractivity (Wildman–Crippen MR) is 82.8 cm³/mol. The molecule has 0 atom stereocenters. The Kier molecular flexibility index (Phi) is 5.43. The van der Waals surface area contributed by atoms with Crippen LogP contribution in [0.4, 0.5) is 0 Å². The fraction of sp³-hybridized carbons (Fsp3) is 0.267. The Morgan fingerprint density at radius 3 is 3.05 bits per heavy atom. The largest absolute Gasteiger partial charge is 0.345 e. The molecule has 2 heterocycles. The van der Waals surface area contributed by atoms with Crippen LogP contribution in [0.15, 0.2) is 24.7 Å². The lowest BCUT2D eigenvalue weighted by Crippen LogP contribution is -2.23. The van der Waals surface area contributed by atoms with Crippen LogP contribution in [-0.2, 0) is 13.0 Å². The topological polar surface area (TPSA) is 80.9 Å². The molecule has 0 saturated carbocycles. The minimum absolute atomic E-state index is 0.188. The number of carbonyl (C=O) groups excluding carboxylic acids is 1. The fourth-order valence-corrected chi connectivity index (χ4v) is 2.48. The summed E-state index contributed by atoms with van der Waals surface area (Å²) >= 11 is 1.61. The zero-order chi connectivity index (χ0) is 15.1. The number of pyridine rings is 1. The summed E-state index contributed by atoms with van der Waals surface area (Å²) in [5.41, 5.74) is 6.43. The molecule has 5 nitrogen and oxygen atoms in total. The van der Waals surface area contributed by atoms with Crippen LogP contribution in [0, 0.1) is 11.8 Å². The van der Waals surface area contributed by atoms with Crippen LogP contribution in [0.5, 0.6) is 0 Å². The lowest BCUT2D eigenvalue weighted by Gasteiger charge is -2.05. The Balaban J connectivity index is 2.06. The summed E-state index contributed by atoms with van der Waals surface area (Å²) in [6.45, 7) is 2.74. The van der Waals surface area contributed by atoms with Gasteiger partial charge in [0.2, 0.25) is 0 Å². The molecule has 2 rings (SSSR count). The number of rotatable bonds is 4. The number of nitrogens with two attached hydrogens (primary N) is 1. The Morgan fingerprint density at radius 2 is 2.33 bits per heavy atom. The van der Waals surface area contributed by atoms with E-state index in [-0.39, 0.29) is 12.5 Å². The molecule has 2 aromatic heterocycles. The maximum atomic E-state index is 12.2. The van der Waals surface area contributed by atoms with Crippen molar-refractivity contribution in [3.63, 3.8) is 0 Å². The molecule has 0 unspecified atom stereocenters. The Morgan fingerprint density at radius 1 is 1.48 bits per heavy atom. The van der Waals surface area contributed by atoms with E-state index in [4.69, 9.17) is 5.73 Å². The van der Waals surface area contributed by atoms with E-state index >= 15 is 0 Å². The van der Waals surface area contributed by atoms with Crippen molar-refractivity contribution in [2.24, 2.45) is 5.73 Å². The van der Waals surface area contributed by atoms with Gasteiger partial charge in [0.25, 0.3) is 5.91 Å². The summed E-state index contributed by atoms with van der Waals surface area (Å²) in [4.78, 5) is 21.7. The third-order valence-corrected chi connectivity index (χ3v) is 3.88. The summed E-state index contributed by atoms with van der Waals surface area (Å²) in [6, 6.07) is 1.65. The van der Waals surface area contributed by atoms with Gasteiger partial charge in [0, 0.05) is 23.5 Å². The minimum Gasteiger partial charge on any atom is -0.345 e. The molecule has 0 aromatic carbocycles. The van der Waals surface area contributed by atoms with Gasteiger partial charge >= 0.3 is 0 Å².